The van der Waals surface area contributed by atoms with E-state index >= 15 is 0 Å². The van der Waals surface area contributed by atoms with Gasteiger partial charge in [-0.15, -0.1) is 0 Å². The Morgan fingerprint density at radius 2 is 2.24 bits per heavy atom. The molecular weight excluding hydrogens is 240 g/mol. The summed E-state index contributed by atoms with van der Waals surface area (Å²) in [6, 6.07) is 0. The highest BCUT2D eigenvalue weighted by molar-refractivity contribution is 8.13. The van der Waals surface area contributed by atoms with E-state index in [1.807, 2.05) is 0 Å². The van der Waals surface area contributed by atoms with E-state index in [9.17, 15) is 9.59 Å². The zero-order chi connectivity index (χ0) is 12.3. The van der Waals surface area contributed by atoms with Crippen LogP contribution in [0, 0.1) is 5.92 Å². The zero-order valence-electron chi connectivity index (χ0n) is 9.37. The van der Waals surface area contributed by atoms with E-state index in [4.69, 9.17) is 0 Å². The first-order valence-electron chi connectivity index (χ1n) is 5.22. The van der Waals surface area contributed by atoms with Crippen LogP contribution < -0.4 is 4.90 Å². The lowest BCUT2D eigenvalue weighted by Gasteiger charge is -2.13. The first-order valence-corrected chi connectivity index (χ1v) is 6.21. The van der Waals surface area contributed by atoms with Crippen molar-refractivity contribution in [3.8, 4) is 0 Å². The Labute approximate surface area is 103 Å². The van der Waals surface area contributed by atoms with E-state index in [-0.39, 0.29) is 16.9 Å². The van der Waals surface area contributed by atoms with E-state index in [2.05, 4.69) is 15.0 Å². The predicted molar refractivity (Wildman–Crippen MR) is 63.4 cm³/mol. The molecule has 1 aliphatic heterocycles. The number of rotatable bonds is 3. The summed E-state index contributed by atoms with van der Waals surface area (Å²) in [5, 5.41) is 0.0797. The van der Waals surface area contributed by atoms with Gasteiger partial charge in [-0.1, -0.05) is 11.8 Å². The van der Waals surface area contributed by atoms with E-state index in [1.165, 1.54) is 31.3 Å². The number of aromatic nitrogens is 3. The van der Waals surface area contributed by atoms with Crippen LogP contribution in [0.2, 0.25) is 0 Å². The average Bonchev–Trinajstić information content (AvgIpc) is 2.69. The van der Waals surface area contributed by atoms with E-state index in [0.717, 1.165) is 0 Å². The smallest absolute Gasteiger partial charge is 0.235 e. The van der Waals surface area contributed by atoms with E-state index in [1.54, 1.807) is 4.90 Å². The molecule has 6 nitrogen and oxygen atoms in total. The lowest BCUT2D eigenvalue weighted by Crippen LogP contribution is -2.26. The van der Waals surface area contributed by atoms with Crippen LogP contribution in [0.15, 0.2) is 12.7 Å². The van der Waals surface area contributed by atoms with Crippen LogP contribution in [-0.4, -0.2) is 38.3 Å². The maximum atomic E-state index is 11.8. The summed E-state index contributed by atoms with van der Waals surface area (Å²) in [5.74, 6) is 1.25. The van der Waals surface area contributed by atoms with Crippen molar-refractivity contribution >= 4 is 28.7 Å². The summed E-state index contributed by atoms with van der Waals surface area (Å²) in [6.07, 6.45) is 3.19. The number of amides is 1. The second-order valence-corrected chi connectivity index (χ2v) is 5.01. The molecule has 0 aliphatic carbocycles. The second-order valence-electron chi connectivity index (χ2n) is 3.82. The van der Waals surface area contributed by atoms with Gasteiger partial charge in [0.25, 0.3) is 0 Å². The van der Waals surface area contributed by atoms with Crippen LogP contribution in [0.4, 0.5) is 5.95 Å². The third-order valence-corrected chi connectivity index (χ3v) is 3.49. The Morgan fingerprint density at radius 1 is 1.53 bits per heavy atom. The highest BCUT2D eigenvalue weighted by atomic mass is 32.2. The van der Waals surface area contributed by atoms with E-state index < -0.39 is 0 Å². The van der Waals surface area contributed by atoms with Crippen molar-refractivity contribution in [2.45, 2.75) is 13.3 Å². The Morgan fingerprint density at radius 3 is 2.88 bits per heavy atom. The van der Waals surface area contributed by atoms with Gasteiger partial charge in [0.2, 0.25) is 11.9 Å². The summed E-state index contributed by atoms with van der Waals surface area (Å²) in [7, 11) is 0. The Hall–Kier alpha value is -1.50. The molecule has 1 unspecified atom stereocenters. The molecule has 1 fully saturated rings. The standard InChI is InChI=1S/C10H12N4O2S/c1-7(15)17-4-8-2-9(16)14(3-8)10-12-5-11-6-13-10/h5-6,8H,2-4H2,1H3. The van der Waals surface area contributed by atoms with Crippen molar-refractivity contribution in [2.75, 3.05) is 17.2 Å². The number of carbonyl (C=O) groups excluding carboxylic acids is 2. The molecule has 0 bridgehead atoms. The lowest BCUT2D eigenvalue weighted by molar-refractivity contribution is -0.117. The summed E-state index contributed by atoms with van der Waals surface area (Å²) in [5.41, 5.74) is 0. The molecule has 1 atom stereocenters. The SMILES string of the molecule is CC(=O)SCC1CC(=O)N(c2ncncn2)C1. The molecular formula is C10H12N4O2S. The van der Waals surface area contributed by atoms with Gasteiger partial charge in [0.05, 0.1) is 0 Å². The zero-order valence-corrected chi connectivity index (χ0v) is 10.2. The van der Waals surface area contributed by atoms with Gasteiger partial charge < -0.3 is 0 Å². The molecule has 17 heavy (non-hydrogen) atoms. The third-order valence-electron chi connectivity index (χ3n) is 2.45. The van der Waals surface area contributed by atoms with Crippen molar-refractivity contribution < 1.29 is 9.59 Å². The van der Waals surface area contributed by atoms with Crippen LogP contribution >= 0.6 is 11.8 Å². The topological polar surface area (TPSA) is 76.1 Å². The molecule has 90 valence electrons. The highest BCUT2D eigenvalue weighted by Crippen LogP contribution is 2.24. The third kappa shape index (κ3) is 3.00. The number of nitrogens with zero attached hydrogens (tertiary/aromatic N) is 4. The van der Waals surface area contributed by atoms with Crippen LogP contribution in [0.5, 0.6) is 0 Å². The van der Waals surface area contributed by atoms with Crippen LogP contribution in [0.25, 0.3) is 0 Å². The molecule has 0 spiro atoms. The molecule has 0 saturated carbocycles. The van der Waals surface area contributed by atoms with Crippen LogP contribution in [-0.2, 0) is 9.59 Å². The fourth-order valence-electron chi connectivity index (χ4n) is 1.69. The van der Waals surface area contributed by atoms with Crippen LogP contribution in [0.1, 0.15) is 13.3 Å². The number of hydrogen-bond acceptors (Lipinski definition) is 6. The normalized spacial score (nSPS) is 19.7. The van der Waals surface area contributed by atoms with Gasteiger partial charge in [0.1, 0.15) is 12.7 Å². The molecule has 1 saturated heterocycles. The minimum Gasteiger partial charge on any atom is -0.288 e. The largest absolute Gasteiger partial charge is 0.288 e. The fourth-order valence-corrected chi connectivity index (χ4v) is 2.39. The van der Waals surface area contributed by atoms with Gasteiger partial charge in [-0.2, -0.15) is 0 Å². The summed E-state index contributed by atoms with van der Waals surface area (Å²) < 4.78 is 0. The molecule has 1 aromatic rings. The van der Waals surface area contributed by atoms with Crippen molar-refractivity contribution in [2.24, 2.45) is 5.92 Å². The molecule has 7 heteroatoms. The van der Waals surface area contributed by atoms with Gasteiger partial charge in [0.15, 0.2) is 5.12 Å². The summed E-state index contributed by atoms with van der Waals surface area (Å²) in [6.45, 7) is 2.11. The number of hydrogen-bond donors (Lipinski definition) is 0. The second kappa shape index (κ2) is 5.22. The number of thioether (sulfide) groups is 1. The van der Waals surface area contributed by atoms with E-state index in [0.29, 0.717) is 24.7 Å². The molecule has 2 rings (SSSR count). The molecule has 1 amide bonds. The maximum Gasteiger partial charge on any atom is 0.235 e. The molecule has 0 radical (unpaired) electrons. The maximum absolute atomic E-state index is 11.8. The first kappa shape index (κ1) is 12.0. The highest BCUT2D eigenvalue weighted by Gasteiger charge is 2.32. The molecule has 1 aliphatic rings. The summed E-state index contributed by atoms with van der Waals surface area (Å²) in [4.78, 5) is 35.8. The number of carbonyl (C=O) groups is 2. The minimum atomic E-state index is 0.00496. The van der Waals surface area contributed by atoms with Gasteiger partial charge in [-0.3, -0.25) is 14.5 Å². The van der Waals surface area contributed by atoms with Crippen molar-refractivity contribution in [3.05, 3.63) is 12.7 Å². The Kier molecular flexibility index (Phi) is 3.68. The lowest BCUT2D eigenvalue weighted by atomic mass is 10.1. The minimum absolute atomic E-state index is 0.00496. The number of anilines is 1. The van der Waals surface area contributed by atoms with Crippen molar-refractivity contribution in [3.63, 3.8) is 0 Å². The van der Waals surface area contributed by atoms with Gasteiger partial charge in [-0.25, -0.2) is 15.0 Å². The first-order chi connectivity index (χ1) is 8.16. The molecule has 0 aromatic carbocycles. The monoisotopic (exact) mass is 252 g/mol. The Balaban J connectivity index is 1.98. The van der Waals surface area contributed by atoms with Crippen LogP contribution in [0.3, 0.4) is 0 Å². The predicted octanol–water partition coefficient (Wildman–Crippen LogP) is 0.504. The van der Waals surface area contributed by atoms with Gasteiger partial charge in [0, 0.05) is 25.6 Å². The molecule has 0 N–H and O–H groups in total. The van der Waals surface area contributed by atoms with Gasteiger partial charge >= 0.3 is 0 Å². The molecule has 1 aromatic heterocycles. The van der Waals surface area contributed by atoms with Crippen molar-refractivity contribution in [1.82, 2.24) is 15.0 Å². The van der Waals surface area contributed by atoms with Gasteiger partial charge in [-0.05, 0) is 5.92 Å². The molecule has 2 heterocycles. The Bertz CT molecular complexity index is 426. The fraction of sp³-hybridized carbons (Fsp3) is 0.500. The quantitative estimate of drug-likeness (QED) is 0.780. The average molecular weight is 252 g/mol. The van der Waals surface area contributed by atoms with Crippen molar-refractivity contribution in [1.29, 1.82) is 0 Å². The summed E-state index contributed by atoms with van der Waals surface area (Å²) >= 11 is 1.26.